The summed E-state index contributed by atoms with van der Waals surface area (Å²) in [6, 6.07) is 7.25. The van der Waals surface area contributed by atoms with Gasteiger partial charge in [-0.3, -0.25) is 4.79 Å². The van der Waals surface area contributed by atoms with E-state index in [1.54, 1.807) is 0 Å². The number of hydrogen-bond donors (Lipinski definition) is 2. The van der Waals surface area contributed by atoms with Gasteiger partial charge >= 0.3 is 5.97 Å². The first kappa shape index (κ1) is 15.4. The van der Waals surface area contributed by atoms with Crippen LogP contribution in [0.1, 0.15) is 30.9 Å². The van der Waals surface area contributed by atoms with E-state index >= 15 is 0 Å². The van der Waals surface area contributed by atoms with Gasteiger partial charge in [-0.1, -0.05) is 37.6 Å². The van der Waals surface area contributed by atoms with Crippen molar-refractivity contribution < 1.29 is 9.53 Å². The second-order valence-corrected chi connectivity index (χ2v) is 4.68. The smallest absolute Gasteiger partial charge is 0.322 e. The summed E-state index contributed by atoms with van der Waals surface area (Å²) in [5.74, 6) is -0.399. The minimum atomic E-state index is -0.629. The molecule has 0 radical (unpaired) electrons. The molecule has 1 aromatic carbocycles. The normalized spacial score (nSPS) is 11.9. The summed E-state index contributed by atoms with van der Waals surface area (Å²) in [6.07, 6.45) is 2.94. The number of benzene rings is 1. The van der Waals surface area contributed by atoms with Gasteiger partial charge in [-0.25, -0.2) is 0 Å². The Morgan fingerprint density at radius 3 is 2.74 bits per heavy atom. The molecule has 1 unspecified atom stereocenters. The average molecular weight is 262 g/mol. The van der Waals surface area contributed by atoms with E-state index in [9.17, 15) is 4.79 Å². The standard InChI is InChI=1S/C15H22N2O2/c1-3-5-13(16)9-11-6-4-7-12(8-11)10-14(17)15(18)19-2/h4,6-8,14,16H,3,5,9-10,17H2,1-2H3. The van der Waals surface area contributed by atoms with Gasteiger partial charge in [0.1, 0.15) is 6.04 Å². The molecule has 0 aliphatic heterocycles. The van der Waals surface area contributed by atoms with Crippen molar-refractivity contribution in [2.75, 3.05) is 7.11 Å². The van der Waals surface area contributed by atoms with Gasteiger partial charge in [0.05, 0.1) is 7.11 Å². The number of esters is 1. The van der Waals surface area contributed by atoms with Crippen LogP contribution in [-0.4, -0.2) is 24.8 Å². The zero-order valence-electron chi connectivity index (χ0n) is 11.6. The van der Waals surface area contributed by atoms with Gasteiger partial charge in [-0.2, -0.15) is 0 Å². The van der Waals surface area contributed by atoms with Gasteiger partial charge in [0.25, 0.3) is 0 Å². The number of nitrogens with one attached hydrogen (secondary N) is 1. The molecule has 0 saturated carbocycles. The lowest BCUT2D eigenvalue weighted by Gasteiger charge is -2.10. The molecule has 4 heteroatoms. The topological polar surface area (TPSA) is 76.2 Å². The maximum absolute atomic E-state index is 11.3. The Labute approximate surface area is 114 Å². The highest BCUT2D eigenvalue weighted by atomic mass is 16.5. The lowest BCUT2D eigenvalue weighted by Crippen LogP contribution is -2.33. The minimum absolute atomic E-state index is 0.399. The van der Waals surface area contributed by atoms with E-state index in [1.165, 1.54) is 7.11 Å². The Morgan fingerprint density at radius 1 is 1.42 bits per heavy atom. The zero-order valence-corrected chi connectivity index (χ0v) is 11.6. The summed E-state index contributed by atoms with van der Waals surface area (Å²) in [7, 11) is 1.34. The van der Waals surface area contributed by atoms with Crippen molar-refractivity contribution in [3.63, 3.8) is 0 Å². The lowest BCUT2D eigenvalue weighted by atomic mass is 10.00. The quantitative estimate of drug-likeness (QED) is 0.583. The monoisotopic (exact) mass is 262 g/mol. The SMILES string of the molecule is CCCC(=N)Cc1cccc(CC(N)C(=O)OC)c1. The number of carbonyl (C=O) groups is 1. The van der Waals surface area contributed by atoms with Crippen LogP contribution in [0.5, 0.6) is 0 Å². The Morgan fingerprint density at radius 2 is 2.11 bits per heavy atom. The Bertz CT molecular complexity index is 444. The summed E-state index contributed by atoms with van der Waals surface area (Å²) in [5.41, 5.74) is 8.57. The molecule has 0 bridgehead atoms. The molecule has 3 N–H and O–H groups in total. The van der Waals surface area contributed by atoms with Crippen LogP contribution in [0.3, 0.4) is 0 Å². The molecule has 0 aliphatic carbocycles. The van der Waals surface area contributed by atoms with Crippen molar-refractivity contribution in [1.29, 1.82) is 5.41 Å². The van der Waals surface area contributed by atoms with Crippen LogP contribution >= 0.6 is 0 Å². The molecule has 1 rings (SSSR count). The largest absolute Gasteiger partial charge is 0.468 e. The van der Waals surface area contributed by atoms with Crippen LogP contribution in [0.15, 0.2) is 24.3 Å². The highest BCUT2D eigenvalue weighted by molar-refractivity contribution is 5.83. The number of ether oxygens (including phenoxy) is 1. The average Bonchev–Trinajstić information content (AvgIpc) is 2.38. The number of nitrogens with two attached hydrogens (primary N) is 1. The molecule has 1 atom stereocenters. The summed E-state index contributed by atoms with van der Waals surface area (Å²) < 4.78 is 4.61. The summed E-state index contributed by atoms with van der Waals surface area (Å²) >= 11 is 0. The molecule has 0 aromatic heterocycles. The van der Waals surface area contributed by atoms with Gasteiger partial charge < -0.3 is 15.9 Å². The fourth-order valence-electron chi connectivity index (χ4n) is 1.99. The molecule has 1 aromatic rings. The third-order valence-electron chi connectivity index (χ3n) is 2.92. The molecule has 104 valence electrons. The first-order valence-corrected chi connectivity index (χ1v) is 6.54. The van der Waals surface area contributed by atoms with E-state index in [0.717, 1.165) is 29.7 Å². The van der Waals surface area contributed by atoms with Crippen molar-refractivity contribution in [3.05, 3.63) is 35.4 Å². The third kappa shape index (κ3) is 5.22. The number of carbonyl (C=O) groups excluding carboxylic acids is 1. The predicted octanol–water partition coefficient (Wildman–Crippen LogP) is 2.09. The van der Waals surface area contributed by atoms with Crippen molar-refractivity contribution in [2.45, 2.75) is 38.6 Å². The second kappa shape index (κ2) is 7.69. The molecule has 0 amide bonds. The maximum atomic E-state index is 11.3. The fourth-order valence-corrected chi connectivity index (χ4v) is 1.99. The maximum Gasteiger partial charge on any atom is 0.322 e. The van der Waals surface area contributed by atoms with Crippen LogP contribution in [-0.2, 0) is 22.4 Å². The van der Waals surface area contributed by atoms with Crippen molar-refractivity contribution >= 4 is 11.7 Å². The van der Waals surface area contributed by atoms with E-state index in [2.05, 4.69) is 11.7 Å². The first-order chi connectivity index (χ1) is 9.06. The minimum Gasteiger partial charge on any atom is -0.468 e. The van der Waals surface area contributed by atoms with E-state index in [4.69, 9.17) is 11.1 Å². The molecular weight excluding hydrogens is 240 g/mol. The van der Waals surface area contributed by atoms with Crippen LogP contribution < -0.4 is 5.73 Å². The van der Waals surface area contributed by atoms with Gasteiger partial charge in [0.15, 0.2) is 0 Å². The third-order valence-corrected chi connectivity index (χ3v) is 2.92. The number of rotatable bonds is 7. The van der Waals surface area contributed by atoms with E-state index in [-0.39, 0.29) is 0 Å². The van der Waals surface area contributed by atoms with Gasteiger partial charge in [0, 0.05) is 12.1 Å². The molecule has 0 spiro atoms. The predicted molar refractivity (Wildman–Crippen MR) is 76.5 cm³/mol. The Kier molecular flexibility index (Phi) is 6.22. The Balaban J connectivity index is 2.66. The molecule has 0 fully saturated rings. The van der Waals surface area contributed by atoms with Crippen molar-refractivity contribution in [1.82, 2.24) is 0 Å². The Hall–Kier alpha value is -1.68. The van der Waals surface area contributed by atoms with Crippen molar-refractivity contribution in [3.8, 4) is 0 Å². The van der Waals surface area contributed by atoms with E-state index in [0.29, 0.717) is 12.8 Å². The fraction of sp³-hybridized carbons (Fsp3) is 0.467. The summed E-state index contributed by atoms with van der Waals surface area (Å²) in [5, 5.41) is 7.84. The molecule has 4 nitrogen and oxygen atoms in total. The summed E-state index contributed by atoms with van der Waals surface area (Å²) in [4.78, 5) is 11.3. The molecule has 19 heavy (non-hydrogen) atoms. The highest BCUT2D eigenvalue weighted by Crippen LogP contribution is 2.10. The van der Waals surface area contributed by atoms with Crippen LogP contribution in [0.25, 0.3) is 0 Å². The van der Waals surface area contributed by atoms with Crippen LogP contribution in [0, 0.1) is 5.41 Å². The van der Waals surface area contributed by atoms with Gasteiger partial charge in [0.2, 0.25) is 0 Å². The lowest BCUT2D eigenvalue weighted by molar-refractivity contribution is -0.142. The summed E-state index contributed by atoms with van der Waals surface area (Å²) in [6.45, 7) is 2.07. The highest BCUT2D eigenvalue weighted by Gasteiger charge is 2.14. The molecule has 0 heterocycles. The first-order valence-electron chi connectivity index (χ1n) is 6.54. The van der Waals surface area contributed by atoms with E-state index < -0.39 is 12.0 Å². The van der Waals surface area contributed by atoms with Gasteiger partial charge in [-0.05, 0) is 24.0 Å². The van der Waals surface area contributed by atoms with Crippen molar-refractivity contribution in [2.24, 2.45) is 5.73 Å². The van der Waals surface area contributed by atoms with Crippen LogP contribution in [0.2, 0.25) is 0 Å². The number of hydrogen-bond acceptors (Lipinski definition) is 4. The second-order valence-electron chi connectivity index (χ2n) is 4.68. The van der Waals surface area contributed by atoms with E-state index in [1.807, 2.05) is 24.3 Å². The van der Waals surface area contributed by atoms with Gasteiger partial charge in [-0.15, -0.1) is 0 Å². The zero-order chi connectivity index (χ0) is 14.3. The molecule has 0 saturated heterocycles. The molecule has 0 aliphatic rings. The number of methoxy groups -OCH3 is 1. The van der Waals surface area contributed by atoms with Crippen LogP contribution in [0.4, 0.5) is 0 Å². The molecular formula is C15H22N2O2.